The van der Waals surface area contributed by atoms with E-state index in [0.29, 0.717) is 12.3 Å². The fourth-order valence-electron chi connectivity index (χ4n) is 1.70. The second kappa shape index (κ2) is 6.89. The van der Waals surface area contributed by atoms with Gasteiger partial charge < -0.3 is 4.74 Å². The Morgan fingerprint density at radius 1 is 1.33 bits per heavy atom. The van der Waals surface area contributed by atoms with Crippen molar-refractivity contribution < 1.29 is 27.7 Å². The first-order chi connectivity index (χ1) is 11.2. The number of halogens is 4. The van der Waals surface area contributed by atoms with E-state index in [1.165, 1.54) is 19.2 Å². The standard InChI is InChI=1S/C13H9ClF3N3O4/c1-23-19-10-5-8(2-3-11(10)20(21)22)24-12-9(14)4-7(6-18-12)13(15,16)17/h2-6,19H,1H3. The summed E-state index contributed by atoms with van der Waals surface area (Å²) in [6.45, 7) is 0. The van der Waals surface area contributed by atoms with Gasteiger partial charge in [-0.05, 0) is 12.1 Å². The van der Waals surface area contributed by atoms with Crippen LogP contribution in [0.5, 0.6) is 11.6 Å². The van der Waals surface area contributed by atoms with Crippen LogP contribution in [0.15, 0.2) is 30.5 Å². The second-order valence-corrected chi connectivity index (χ2v) is 4.76. The molecular weight excluding hydrogens is 355 g/mol. The normalized spacial score (nSPS) is 11.2. The smallest absolute Gasteiger partial charge is 0.417 e. The minimum Gasteiger partial charge on any atom is -0.437 e. The van der Waals surface area contributed by atoms with Crippen LogP contribution in [0.25, 0.3) is 0 Å². The predicted molar refractivity (Wildman–Crippen MR) is 78.1 cm³/mol. The molecule has 0 fully saturated rings. The zero-order valence-corrected chi connectivity index (χ0v) is 12.7. The molecule has 0 aliphatic heterocycles. The minimum absolute atomic E-state index is 0.0111. The van der Waals surface area contributed by atoms with E-state index in [4.69, 9.17) is 16.3 Å². The third-order valence-corrected chi connectivity index (χ3v) is 3.00. The van der Waals surface area contributed by atoms with Crippen molar-refractivity contribution in [2.24, 2.45) is 0 Å². The second-order valence-electron chi connectivity index (χ2n) is 4.35. The Balaban J connectivity index is 2.31. The van der Waals surface area contributed by atoms with Gasteiger partial charge in [0.05, 0.1) is 17.6 Å². The van der Waals surface area contributed by atoms with Crippen LogP contribution in [0.2, 0.25) is 5.02 Å². The summed E-state index contributed by atoms with van der Waals surface area (Å²) in [5.74, 6) is -0.212. The summed E-state index contributed by atoms with van der Waals surface area (Å²) in [6, 6.07) is 4.27. The van der Waals surface area contributed by atoms with Gasteiger partial charge in [0.1, 0.15) is 16.5 Å². The average molecular weight is 364 g/mol. The van der Waals surface area contributed by atoms with Gasteiger partial charge in [-0.3, -0.25) is 20.4 Å². The Bertz CT molecular complexity index is 771. The van der Waals surface area contributed by atoms with Crippen LogP contribution in [0.3, 0.4) is 0 Å². The molecule has 0 saturated carbocycles. The quantitative estimate of drug-likeness (QED) is 0.624. The molecule has 1 heterocycles. The molecule has 128 valence electrons. The van der Waals surface area contributed by atoms with Gasteiger partial charge in [-0.15, -0.1) is 0 Å². The van der Waals surface area contributed by atoms with Crippen molar-refractivity contribution >= 4 is 23.0 Å². The zero-order chi connectivity index (χ0) is 17.9. The number of benzene rings is 1. The van der Waals surface area contributed by atoms with Crippen molar-refractivity contribution in [2.45, 2.75) is 6.18 Å². The molecule has 0 saturated heterocycles. The van der Waals surface area contributed by atoms with E-state index in [2.05, 4.69) is 15.3 Å². The largest absolute Gasteiger partial charge is 0.437 e. The maximum absolute atomic E-state index is 12.6. The SMILES string of the molecule is CONc1cc(Oc2ncc(C(F)(F)F)cc2Cl)ccc1[N+](=O)[O-]. The third-order valence-electron chi connectivity index (χ3n) is 2.73. The maximum Gasteiger partial charge on any atom is 0.417 e. The van der Waals surface area contributed by atoms with Gasteiger partial charge in [0.2, 0.25) is 5.88 Å². The topological polar surface area (TPSA) is 86.5 Å². The fraction of sp³-hybridized carbons (Fsp3) is 0.154. The third kappa shape index (κ3) is 4.03. The molecule has 0 radical (unpaired) electrons. The number of pyridine rings is 1. The zero-order valence-electron chi connectivity index (χ0n) is 11.9. The minimum atomic E-state index is -4.59. The number of rotatable bonds is 5. The van der Waals surface area contributed by atoms with E-state index >= 15 is 0 Å². The van der Waals surface area contributed by atoms with Gasteiger partial charge >= 0.3 is 6.18 Å². The molecule has 2 rings (SSSR count). The molecule has 1 aromatic carbocycles. The Hall–Kier alpha value is -2.59. The van der Waals surface area contributed by atoms with E-state index < -0.39 is 16.7 Å². The summed E-state index contributed by atoms with van der Waals surface area (Å²) in [7, 11) is 1.26. The number of ether oxygens (including phenoxy) is 1. The summed E-state index contributed by atoms with van der Waals surface area (Å²) in [6.07, 6.45) is -4.01. The van der Waals surface area contributed by atoms with E-state index in [1.54, 1.807) is 0 Å². The van der Waals surface area contributed by atoms with Crippen molar-refractivity contribution in [1.29, 1.82) is 0 Å². The molecule has 0 atom stereocenters. The Kier molecular flexibility index (Phi) is 5.10. The van der Waals surface area contributed by atoms with Crippen LogP contribution in [0.1, 0.15) is 5.56 Å². The molecule has 0 spiro atoms. The number of anilines is 1. The molecule has 7 nitrogen and oxygen atoms in total. The lowest BCUT2D eigenvalue weighted by molar-refractivity contribution is -0.384. The first-order valence-corrected chi connectivity index (χ1v) is 6.58. The van der Waals surface area contributed by atoms with E-state index in [9.17, 15) is 23.3 Å². The van der Waals surface area contributed by atoms with E-state index in [-0.39, 0.29) is 28.0 Å². The van der Waals surface area contributed by atoms with Crippen LogP contribution >= 0.6 is 11.6 Å². The van der Waals surface area contributed by atoms with Crippen LogP contribution in [-0.2, 0) is 11.0 Å². The summed E-state index contributed by atoms with van der Waals surface area (Å²) in [5, 5.41) is 10.5. The van der Waals surface area contributed by atoms with Crippen molar-refractivity contribution in [1.82, 2.24) is 4.98 Å². The van der Waals surface area contributed by atoms with Gasteiger partial charge in [0, 0.05) is 18.3 Å². The number of hydrogen-bond donors (Lipinski definition) is 1. The van der Waals surface area contributed by atoms with Gasteiger partial charge in [-0.25, -0.2) is 4.98 Å². The first kappa shape index (κ1) is 17.8. The molecule has 1 aromatic heterocycles. The highest BCUT2D eigenvalue weighted by molar-refractivity contribution is 6.31. The lowest BCUT2D eigenvalue weighted by Gasteiger charge is -2.11. The predicted octanol–water partition coefficient (Wildman–Crippen LogP) is 4.43. The number of aromatic nitrogens is 1. The summed E-state index contributed by atoms with van der Waals surface area (Å²) < 4.78 is 42.9. The molecule has 0 bridgehead atoms. The van der Waals surface area contributed by atoms with Gasteiger partial charge in [0.15, 0.2) is 0 Å². The van der Waals surface area contributed by atoms with Crippen molar-refractivity contribution in [2.75, 3.05) is 12.6 Å². The molecule has 0 amide bonds. The molecule has 0 aliphatic carbocycles. The van der Waals surface area contributed by atoms with Crippen LogP contribution in [-0.4, -0.2) is 17.0 Å². The average Bonchev–Trinajstić information content (AvgIpc) is 2.48. The molecular formula is C13H9ClF3N3O4. The van der Waals surface area contributed by atoms with E-state index in [1.807, 2.05) is 0 Å². The van der Waals surface area contributed by atoms with Crippen molar-refractivity contribution in [3.63, 3.8) is 0 Å². The molecule has 24 heavy (non-hydrogen) atoms. The van der Waals surface area contributed by atoms with Crippen molar-refractivity contribution in [3.8, 4) is 11.6 Å². The van der Waals surface area contributed by atoms with Crippen molar-refractivity contribution in [3.05, 3.63) is 51.2 Å². The van der Waals surface area contributed by atoms with Crippen LogP contribution < -0.4 is 10.2 Å². The first-order valence-electron chi connectivity index (χ1n) is 6.20. The molecule has 2 aromatic rings. The lowest BCUT2D eigenvalue weighted by atomic mass is 10.2. The Morgan fingerprint density at radius 3 is 2.58 bits per heavy atom. The van der Waals surface area contributed by atoms with Gasteiger partial charge in [0.25, 0.3) is 5.69 Å². The molecule has 0 unspecified atom stereocenters. The van der Waals surface area contributed by atoms with E-state index in [0.717, 1.165) is 6.07 Å². The fourth-order valence-corrected chi connectivity index (χ4v) is 1.90. The Morgan fingerprint density at radius 2 is 2.04 bits per heavy atom. The highest BCUT2D eigenvalue weighted by Gasteiger charge is 2.31. The summed E-state index contributed by atoms with van der Waals surface area (Å²) in [5.41, 5.74) is 0.988. The maximum atomic E-state index is 12.6. The number of hydrogen-bond acceptors (Lipinski definition) is 6. The van der Waals surface area contributed by atoms with Crippen LogP contribution in [0.4, 0.5) is 24.5 Å². The monoisotopic (exact) mass is 363 g/mol. The summed E-state index contributed by atoms with van der Waals surface area (Å²) in [4.78, 5) is 18.4. The lowest BCUT2D eigenvalue weighted by Crippen LogP contribution is -2.06. The van der Waals surface area contributed by atoms with Gasteiger partial charge in [-0.2, -0.15) is 13.2 Å². The highest BCUT2D eigenvalue weighted by atomic mass is 35.5. The highest BCUT2D eigenvalue weighted by Crippen LogP contribution is 2.36. The molecule has 1 N–H and O–H groups in total. The molecule has 0 aliphatic rings. The number of nitro groups is 1. The number of alkyl halides is 3. The number of nitrogens with one attached hydrogen (secondary N) is 1. The van der Waals surface area contributed by atoms with Crippen LogP contribution in [0, 0.1) is 10.1 Å². The summed E-state index contributed by atoms with van der Waals surface area (Å²) >= 11 is 5.73. The Labute approximate surface area is 138 Å². The number of nitro benzene ring substituents is 1. The number of nitrogens with zero attached hydrogens (tertiary/aromatic N) is 2. The van der Waals surface area contributed by atoms with Gasteiger partial charge in [-0.1, -0.05) is 11.6 Å². The molecule has 11 heteroatoms.